The molecule has 1 unspecified atom stereocenters. The lowest BCUT2D eigenvalue weighted by molar-refractivity contribution is 0.364. The minimum atomic E-state index is -0.151. The lowest BCUT2D eigenvalue weighted by Crippen LogP contribution is -2.30. The topological polar surface area (TPSA) is 69.8 Å². The average Bonchev–Trinajstić information content (AvgIpc) is 2.36. The number of piperidine rings is 1. The summed E-state index contributed by atoms with van der Waals surface area (Å²) in [6, 6.07) is 0. The molecule has 0 radical (unpaired) electrons. The zero-order valence-electron chi connectivity index (χ0n) is 9.63. The van der Waals surface area contributed by atoms with Gasteiger partial charge in [0.1, 0.15) is 10.3 Å². The average molecular weight is 301 g/mol. The van der Waals surface area contributed by atoms with Crippen LogP contribution in [0, 0.1) is 5.92 Å². The van der Waals surface area contributed by atoms with Gasteiger partial charge in [-0.3, -0.25) is 4.79 Å². The quantitative estimate of drug-likeness (QED) is 0.785. The van der Waals surface area contributed by atoms with Gasteiger partial charge in [0.15, 0.2) is 0 Å². The van der Waals surface area contributed by atoms with Gasteiger partial charge in [-0.05, 0) is 54.2 Å². The fraction of sp³-hybridized carbons (Fsp3) is 0.636. The SMILES string of the molecule is O=c1[nH]cnc(NCCC2CCCNC2)c1Br. The van der Waals surface area contributed by atoms with Crippen LogP contribution in [0.2, 0.25) is 0 Å². The number of H-pyrrole nitrogens is 1. The first-order valence-corrected chi connectivity index (χ1v) is 6.74. The summed E-state index contributed by atoms with van der Waals surface area (Å²) in [5.41, 5.74) is -0.151. The standard InChI is InChI=1S/C11H17BrN4O/c12-9-10(15-7-16-11(9)17)14-5-3-8-2-1-4-13-6-8/h7-8,13H,1-6H2,(H2,14,15,16,17). The first-order chi connectivity index (χ1) is 8.27. The van der Waals surface area contributed by atoms with E-state index in [0.29, 0.717) is 10.3 Å². The molecule has 1 aromatic rings. The van der Waals surface area contributed by atoms with E-state index in [1.807, 2.05) is 0 Å². The molecule has 1 aromatic heterocycles. The Kier molecular flexibility index (Phi) is 4.56. The molecule has 3 N–H and O–H groups in total. The highest BCUT2D eigenvalue weighted by atomic mass is 79.9. The number of hydrogen-bond acceptors (Lipinski definition) is 4. The minimum Gasteiger partial charge on any atom is -0.369 e. The van der Waals surface area contributed by atoms with E-state index in [1.165, 1.54) is 19.2 Å². The molecule has 0 amide bonds. The van der Waals surface area contributed by atoms with Gasteiger partial charge in [0.05, 0.1) is 6.33 Å². The van der Waals surface area contributed by atoms with Crippen molar-refractivity contribution in [3.63, 3.8) is 0 Å². The maximum Gasteiger partial charge on any atom is 0.267 e. The Morgan fingerprint density at radius 1 is 1.59 bits per heavy atom. The summed E-state index contributed by atoms with van der Waals surface area (Å²) in [4.78, 5) is 17.9. The fourth-order valence-corrected chi connectivity index (χ4v) is 2.43. The van der Waals surface area contributed by atoms with Crippen LogP contribution in [0.25, 0.3) is 0 Å². The van der Waals surface area contributed by atoms with E-state index in [1.54, 1.807) is 0 Å². The molecule has 1 saturated heterocycles. The van der Waals surface area contributed by atoms with Crippen LogP contribution in [-0.2, 0) is 0 Å². The van der Waals surface area contributed by atoms with Crippen molar-refractivity contribution in [3.8, 4) is 0 Å². The van der Waals surface area contributed by atoms with Crippen LogP contribution in [-0.4, -0.2) is 29.6 Å². The Morgan fingerprint density at radius 2 is 2.47 bits per heavy atom. The normalized spacial score (nSPS) is 20.2. The number of rotatable bonds is 4. The van der Waals surface area contributed by atoms with E-state index in [2.05, 4.69) is 36.5 Å². The van der Waals surface area contributed by atoms with Crippen LogP contribution in [0.4, 0.5) is 5.82 Å². The summed E-state index contributed by atoms with van der Waals surface area (Å²) in [7, 11) is 0. The van der Waals surface area contributed by atoms with Gasteiger partial charge in [0.25, 0.3) is 5.56 Å². The van der Waals surface area contributed by atoms with E-state index in [0.717, 1.165) is 32.0 Å². The molecule has 0 aliphatic carbocycles. The Labute approximate surface area is 109 Å². The molecule has 1 fully saturated rings. The largest absolute Gasteiger partial charge is 0.369 e. The van der Waals surface area contributed by atoms with Crippen LogP contribution in [0.1, 0.15) is 19.3 Å². The highest BCUT2D eigenvalue weighted by Crippen LogP contribution is 2.16. The Balaban J connectivity index is 1.81. The highest BCUT2D eigenvalue weighted by molar-refractivity contribution is 9.10. The van der Waals surface area contributed by atoms with E-state index in [4.69, 9.17) is 0 Å². The number of hydrogen-bond donors (Lipinski definition) is 3. The van der Waals surface area contributed by atoms with Crippen LogP contribution < -0.4 is 16.2 Å². The van der Waals surface area contributed by atoms with Crippen LogP contribution in [0.5, 0.6) is 0 Å². The van der Waals surface area contributed by atoms with Gasteiger partial charge in [-0.2, -0.15) is 0 Å². The first kappa shape index (κ1) is 12.6. The van der Waals surface area contributed by atoms with Gasteiger partial charge in [-0.25, -0.2) is 4.98 Å². The molecule has 1 aliphatic heterocycles. The summed E-state index contributed by atoms with van der Waals surface area (Å²) in [5.74, 6) is 1.36. The molecular formula is C11H17BrN4O. The predicted octanol–water partition coefficient (Wildman–Crippen LogP) is 1.33. The first-order valence-electron chi connectivity index (χ1n) is 5.95. The van der Waals surface area contributed by atoms with Crippen molar-refractivity contribution < 1.29 is 0 Å². The van der Waals surface area contributed by atoms with Crippen molar-refractivity contribution in [2.45, 2.75) is 19.3 Å². The molecule has 94 valence electrons. The second-order valence-corrected chi connectivity index (χ2v) is 5.12. The zero-order valence-corrected chi connectivity index (χ0v) is 11.2. The number of halogens is 1. The van der Waals surface area contributed by atoms with Crippen molar-refractivity contribution in [2.75, 3.05) is 25.0 Å². The zero-order chi connectivity index (χ0) is 12.1. The Hall–Kier alpha value is -0.880. The van der Waals surface area contributed by atoms with E-state index < -0.39 is 0 Å². The Morgan fingerprint density at radius 3 is 3.24 bits per heavy atom. The molecule has 2 rings (SSSR count). The molecule has 0 saturated carbocycles. The van der Waals surface area contributed by atoms with Gasteiger partial charge in [0.2, 0.25) is 0 Å². The third-order valence-corrected chi connectivity index (χ3v) is 3.78. The van der Waals surface area contributed by atoms with Gasteiger partial charge in [0, 0.05) is 6.54 Å². The van der Waals surface area contributed by atoms with Gasteiger partial charge < -0.3 is 15.6 Å². The molecule has 17 heavy (non-hydrogen) atoms. The molecule has 2 heterocycles. The van der Waals surface area contributed by atoms with Crippen LogP contribution >= 0.6 is 15.9 Å². The molecule has 0 spiro atoms. The lowest BCUT2D eigenvalue weighted by atomic mass is 9.96. The molecule has 6 heteroatoms. The minimum absolute atomic E-state index is 0.151. The van der Waals surface area contributed by atoms with Gasteiger partial charge >= 0.3 is 0 Å². The van der Waals surface area contributed by atoms with Crippen molar-refractivity contribution in [1.29, 1.82) is 0 Å². The third-order valence-electron chi connectivity index (χ3n) is 3.04. The molecule has 5 nitrogen and oxygen atoms in total. The van der Waals surface area contributed by atoms with Crippen molar-refractivity contribution in [3.05, 3.63) is 21.2 Å². The second kappa shape index (κ2) is 6.16. The third kappa shape index (κ3) is 3.54. The van der Waals surface area contributed by atoms with Crippen molar-refractivity contribution in [2.24, 2.45) is 5.92 Å². The maximum atomic E-state index is 11.3. The molecule has 0 bridgehead atoms. The monoisotopic (exact) mass is 300 g/mol. The fourth-order valence-electron chi connectivity index (χ4n) is 2.07. The summed E-state index contributed by atoms with van der Waals surface area (Å²) in [6.45, 7) is 3.10. The Bertz CT molecular complexity index is 414. The highest BCUT2D eigenvalue weighted by Gasteiger charge is 2.12. The maximum absolute atomic E-state index is 11.3. The van der Waals surface area contributed by atoms with Gasteiger partial charge in [-0.15, -0.1) is 0 Å². The van der Waals surface area contributed by atoms with E-state index in [9.17, 15) is 4.79 Å². The summed E-state index contributed by atoms with van der Waals surface area (Å²) in [5, 5.41) is 6.59. The second-order valence-electron chi connectivity index (χ2n) is 4.32. The van der Waals surface area contributed by atoms with Crippen LogP contribution in [0.15, 0.2) is 15.6 Å². The van der Waals surface area contributed by atoms with Crippen molar-refractivity contribution in [1.82, 2.24) is 15.3 Å². The van der Waals surface area contributed by atoms with E-state index >= 15 is 0 Å². The van der Waals surface area contributed by atoms with Crippen LogP contribution in [0.3, 0.4) is 0 Å². The number of aromatic amines is 1. The smallest absolute Gasteiger partial charge is 0.267 e. The molecule has 1 aliphatic rings. The predicted molar refractivity (Wildman–Crippen MR) is 71.3 cm³/mol. The summed E-state index contributed by atoms with van der Waals surface area (Å²) < 4.78 is 0.474. The number of nitrogens with zero attached hydrogens (tertiary/aromatic N) is 1. The number of aromatic nitrogens is 2. The molecule has 0 aromatic carbocycles. The van der Waals surface area contributed by atoms with Crippen molar-refractivity contribution >= 4 is 21.7 Å². The number of anilines is 1. The van der Waals surface area contributed by atoms with Gasteiger partial charge in [-0.1, -0.05) is 0 Å². The van der Waals surface area contributed by atoms with E-state index in [-0.39, 0.29) is 5.56 Å². The molecular weight excluding hydrogens is 284 g/mol. The summed E-state index contributed by atoms with van der Waals surface area (Å²) >= 11 is 3.23. The number of nitrogens with one attached hydrogen (secondary N) is 3. The lowest BCUT2D eigenvalue weighted by Gasteiger charge is -2.22. The summed E-state index contributed by atoms with van der Waals surface area (Å²) in [6.07, 6.45) is 5.07. The molecule has 1 atom stereocenters.